The van der Waals surface area contributed by atoms with Gasteiger partial charge in [-0.15, -0.1) is 6.42 Å². The Hall–Kier alpha value is -1.79. The van der Waals surface area contributed by atoms with E-state index in [2.05, 4.69) is 5.92 Å². The molecule has 74 valence electrons. The third kappa shape index (κ3) is 1.85. The second kappa shape index (κ2) is 4.16. The molecule has 15 heavy (non-hydrogen) atoms. The van der Waals surface area contributed by atoms with Crippen molar-refractivity contribution in [2.24, 2.45) is 0 Å². The fourth-order valence-corrected chi connectivity index (χ4v) is 2.17. The molecule has 2 nitrogen and oxygen atoms in total. The number of benzene rings is 1. The standard InChI is InChI=1S/C12H9NOS/c1-2-8-13-11(9-15-12(13)14)10-6-4-3-5-7-10/h1,3-7,9H,8H2. The highest BCUT2D eigenvalue weighted by Crippen LogP contribution is 2.18. The number of hydrogen-bond acceptors (Lipinski definition) is 2. The van der Waals surface area contributed by atoms with Crippen molar-refractivity contribution in [3.63, 3.8) is 0 Å². The first-order chi connectivity index (χ1) is 7.33. The van der Waals surface area contributed by atoms with Crippen molar-refractivity contribution in [1.29, 1.82) is 0 Å². The summed E-state index contributed by atoms with van der Waals surface area (Å²) in [5.41, 5.74) is 1.91. The van der Waals surface area contributed by atoms with E-state index < -0.39 is 0 Å². The molecular formula is C12H9NOS. The van der Waals surface area contributed by atoms with Gasteiger partial charge in [-0.1, -0.05) is 47.6 Å². The quantitative estimate of drug-likeness (QED) is 0.704. The second-order valence-electron chi connectivity index (χ2n) is 3.04. The summed E-state index contributed by atoms with van der Waals surface area (Å²) < 4.78 is 1.61. The van der Waals surface area contributed by atoms with Gasteiger partial charge in [-0.3, -0.25) is 9.36 Å². The second-order valence-corrected chi connectivity index (χ2v) is 3.86. The predicted molar refractivity (Wildman–Crippen MR) is 62.8 cm³/mol. The lowest BCUT2D eigenvalue weighted by molar-refractivity contribution is 0.835. The molecule has 0 aliphatic rings. The fourth-order valence-electron chi connectivity index (χ4n) is 1.41. The molecule has 1 aromatic heterocycles. The maximum absolute atomic E-state index is 11.5. The van der Waals surface area contributed by atoms with E-state index in [1.54, 1.807) is 4.57 Å². The van der Waals surface area contributed by atoms with Crippen LogP contribution in [0.4, 0.5) is 0 Å². The molecule has 0 fully saturated rings. The van der Waals surface area contributed by atoms with Gasteiger partial charge in [0.05, 0.1) is 12.2 Å². The van der Waals surface area contributed by atoms with Crippen molar-refractivity contribution >= 4 is 11.3 Å². The molecule has 1 heterocycles. The van der Waals surface area contributed by atoms with Gasteiger partial charge in [0.1, 0.15) is 0 Å². The lowest BCUT2D eigenvalue weighted by Gasteiger charge is -2.03. The normalized spacial score (nSPS) is 9.80. The minimum Gasteiger partial charge on any atom is -0.287 e. The smallest absolute Gasteiger partial charge is 0.287 e. The van der Waals surface area contributed by atoms with Gasteiger partial charge in [0.25, 0.3) is 0 Å². The van der Waals surface area contributed by atoms with Crippen LogP contribution in [0.5, 0.6) is 0 Å². The molecule has 0 bridgehead atoms. The Morgan fingerprint density at radius 3 is 2.73 bits per heavy atom. The van der Waals surface area contributed by atoms with Crippen LogP contribution in [0.1, 0.15) is 0 Å². The Morgan fingerprint density at radius 2 is 2.07 bits per heavy atom. The number of rotatable bonds is 2. The zero-order valence-corrected chi connectivity index (χ0v) is 8.83. The van der Waals surface area contributed by atoms with E-state index in [9.17, 15) is 4.79 Å². The molecule has 3 heteroatoms. The van der Waals surface area contributed by atoms with Gasteiger partial charge in [0, 0.05) is 5.38 Å². The van der Waals surface area contributed by atoms with Crippen LogP contribution >= 0.6 is 11.3 Å². The van der Waals surface area contributed by atoms with E-state index in [-0.39, 0.29) is 4.87 Å². The minimum absolute atomic E-state index is 0.00759. The molecule has 0 N–H and O–H groups in total. The van der Waals surface area contributed by atoms with Crippen LogP contribution in [-0.2, 0) is 6.54 Å². The third-order valence-corrected chi connectivity index (χ3v) is 2.86. The van der Waals surface area contributed by atoms with Crippen LogP contribution in [0.3, 0.4) is 0 Å². The number of aromatic nitrogens is 1. The highest BCUT2D eigenvalue weighted by molar-refractivity contribution is 7.07. The minimum atomic E-state index is -0.00759. The van der Waals surface area contributed by atoms with E-state index >= 15 is 0 Å². The van der Waals surface area contributed by atoms with Gasteiger partial charge in [-0.25, -0.2) is 0 Å². The van der Waals surface area contributed by atoms with Gasteiger partial charge in [0.15, 0.2) is 0 Å². The molecule has 0 saturated heterocycles. The van der Waals surface area contributed by atoms with E-state index in [4.69, 9.17) is 6.42 Å². The lowest BCUT2D eigenvalue weighted by atomic mass is 10.2. The average molecular weight is 215 g/mol. The molecule has 2 aromatic rings. The number of thiazole rings is 1. The third-order valence-electron chi connectivity index (χ3n) is 2.10. The summed E-state index contributed by atoms with van der Waals surface area (Å²) in [5.74, 6) is 2.49. The largest absolute Gasteiger partial charge is 0.308 e. The zero-order chi connectivity index (χ0) is 10.7. The van der Waals surface area contributed by atoms with Crippen molar-refractivity contribution in [2.45, 2.75) is 6.54 Å². The summed E-state index contributed by atoms with van der Waals surface area (Å²) in [6, 6.07) is 9.76. The molecule has 0 aliphatic heterocycles. The van der Waals surface area contributed by atoms with Crippen LogP contribution in [0.15, 0.2) is 40.5 Å². The highest BCUT2D eigenvalue weighted by Gasteiger charge is 2.06. The van der Waals surface area contributed by atoms with Crippen LogP contribution < -0.4 is 4.87 Å². The zero-order valence-electron chi connectivity index (χ0n) is 8.01. The summed E-state index contributed by atoms with van der Waals surface area (Å²) in [5, 5.41) is 1.84. The first kappa shape index (κ1) is 9.75. The lowest BCUT2D eigenvalue weighted by Crippen LogP contribution is -2.13. The molecule has 0 amide bonds. The maximum atomic E-state index is 11.5. The summed E-state index contributed by atoms with van der Waals surface area (Å²) in [6.07, 6.45) is 5.23. The van der Waals surface area contributed by atoms with Crippen LogP contribution in [0, 0.1) is 12.3 Å². The van der Waals surface area contributed by atoms with Crippen molar-refractivity contribution in [1.82, 2.24) is 4.57 Å². The average Bonchev–Trinajstić information content (AvgIpc) is 2.63. The molecular weight excluding hydrogens is 206 g/mol. The Bertz CT molecular complexity index is 545. The summed E-state index contributed by atoms with van der Waals surface area (Å²) in [6.45, 7) is 0.326. The van der Waals surface area contributed by atoms with E-state index in [1.807, 2.05) is 35.7 Å². The van der Waals surface area contributed by atoms with E-state index in [0.29, 0.717) is 6.54 Å². The van der Waals surface area contributed by atoms with Crippen molar-refractivity contribution in [3.8, 4) is 23.6 Å². The topological polar surface area (TPSA) is 22.0 Å². The van der Waals surface area contributed by atoms with Gasteiger partial charge >= 0.3 is 4.87 Å². The molecule has 2 rings (SSSR count). The number of hydrogen-bond donors (Lipinski definition) is 0. The van der Waals surface area contributed by atoms with Crippen LogP contribution in [0.25, 0.3) is 11.3 Å². The number of terminal acetylenes is 1. The van der Waals surface area contributed by atoms with Gasteiger partial charge in [0.2, 0.25) is 0 Å². The molecule has 1 aromatic carbocycles. The first-order valence-electron chi connectivity index (χ1n) is 4.50. The van der Waals surface area contributed by atoms with E-state index in [1.165, 1.54) is 11.3 Å². The first-order valence-corrected chi connectivity index (χ1v) is 5.38. The fraction of sp³-hybridized carbons (Fsp3) is 0.0833. The Morgan fingerprint density at radius 1 is 1.33 bits per heavy atom. The SMILES string of the molecule is C#CCn1c(-c2ccccc2)csc1=O. The van der Waals surface area contributed by atoms with E-state index in [0.717, 1.165) is 11.3 Å². The van der Waals surface area contributed by atoms with Crippen LogP contribution in [0.2, 0.25) is 0 Å². The van der Waals surface area contributed by atoms with Crippen molar-refractivity contribution < 1.29 is 0 Å². The van der Waals surface area contributed by atoms with Crippen molar-refractivity contribution in [3.05, 3.63) is 45.4 Å². The highest BCUT2D eigenvalue weighted by atomic mass is 32.1. The summed E-state index contributed by atoms with van der Waals surface area (Å²) in [4.78, 5) is 11.5. The molecule has 0 unspecified atom stereocenters. The maximum Gasteiger partial charge on any atom is 0.308 e. The predicted octanol–water partition coefficient (Wildman–Crippen LogP) is 2.21. The molecule has 0 aliphatic carbocycles. The van der Waals surface area contributed by atoms with Gasteiger partial charge < -0.3 is 0 Å². The Balaban J connectivity index is 2.55. The molecule has 0 radical (unpaired) electrons. The number of nitrogens with zero attached hydrogens (tertiary/aromatic N) is 1. The summed E-state index contributed by atoms with van der Waals surface area (Å²) >= 11 is 1.18. The molecule has 0 spiro atoms. The Labute approximate surface area is 91.8 Å². The van der Waals surface area contributed by atoms with Gasteiger partial charge in [-0.2, -0.15) is 0 Å². The van der Waals surface area contributed by atoms with Crippen molar-refractivity contribution in [2.75, 3.05) is 0 Å². The summed E-state index contributed by atoms with van der Waals surface area (Å²) in [7, 11) is 0. The molecule has 0 saturated carbocycles. The van der Waals surface area contributed by atoms with Gasteiger partial charge in [-0.05, 0) is 5.56 Å². The van der Waals surface area contributed by atoms with Crippen LogP contribution in [-0.4, -0.2) is 4.57 Å². The molecule has 0 atom stereocenters. The monoisotopic (exact) mass is 215 g/mol. The Kier molecular flexibility index (Phi) is 2.70.